The molecule has 0 saturated carbocycles. The predicted molar refractivity (Wildman–Crippen MR) is 76.7 cm³/mol. The molecule has 3 nitrogen and oxygen atoms in total. The van der Waals surface area contributed by atoms with Crippen LogP contribution >= 0.6 is 12.6 Å². The van der Waals surface area contributed by atoms with Crippen molar-refractivity contribution in [1.82, 2.24) is 0 Å². The molecule has 0 aromatic heterocycles. The molecule has 0 saturated heterocycles. The van der Waals surface area contributed by atoms with Gasteiger partial charge in [-0.05, 0) is 48.5 Å². The Morgan fingerprint density at radius 1 is 0.895 bits per heavy atom. The van der Waals surface area contributed by atoms with E-state index in [0.29, 0.717) is 11.1 Å². The van der Waals surface area contributed by atoms with Crippen LogP contribution in [0.5, 0.6) is 0 Å². The van der Waals surface area contributed by atoms with E-state index in [1.54, 1.807) is 24.3 Å². The van der Waals surface area contributed by atoms with Crippen LogP contribution in [0.15, 0.2) is 58.3 Å². The SMILES string of the molecule is CS(=O)(=O)c1ccc(C(=O)c2ccc(S)cc2)cc1. The highest BCUT2D eigenvalue weighted by Gasteiger charge is 2.11. The molecular weight excluding hydrogens is 280 g/mol. The largest absolute Gasteiger partial charge is 0.289 e. The predicted octanol–water partition coefficient (Wildman–Crippen LogP) is 2.61. The molecule has 98 valence electrons. The van der Waals surface area contributed by atoms with Crippen LogP contribution in [-0.2, 0) is 9.84 Å². The molecule has 19 heavy (non-hydrogen) atoms. The Hall–Kier alpha value is -1.59. The second-order valence-corrected chi connectivity index (χ2v) is 6.70. The number of sulfone groups is 1. The van der Waals surface area contributed by atoms with Crippen molar-refractivity contribution in [2.45, 2.75) is 9.79 Å². The first-order valence-corrected chi connectivity index (χ1v) is 7.85. The van der Waals surface area contributed by atoms with Gasteiger partial charge in [0.1, 0.15) is 0 Å². The number of ketones is 1. The lowest BCUT2D eigenvalue weighted by molar-refractivity contribution is 0.103. The van der Waals surface area contributed by atoms with Gasteiger partial charge in [0.25, 0.3) is 0 Å². The van der Waals surface area contributed by atoms with Crippen molar-refractivity contribution in [2.24, 2.45) is 0 Å². The molecular formula is C14H12O3S2. The van der Waals surface area contributed by atoms with E-state index in [4.69, 9.17) is 0 Å². The maximum absolute atomic E-state index is 12.1. The van der Waals surface area contributed by atoms with Gasteiger partial charge < -0.3 is 0 Å². The monoisotopic (exact) mass is 292 g/mol. The van der Waals surface area contributed by atoms with Gasteiger partial charge in [0, 0.05) is 22.3 Å². The molecule has 2 aromatic rings. The Morgan fingerprint density at radius 2 is 1.32 bits per heavy atom. The van der Waals surface area contributed by atoms with Gasteiger partial charge in [0.15, 0.2) is 15.6 Å². The first-order valence-electron chi connectivity index (χ1n) is 5.52. The Labute approximate surface area is 117 Å². The molecule has 2 aromatic carbocycles. The topological polar surface area (TPSA) is 51.2 Å². The quantitative estimate of drug-likeness (QED) is 0.699. The number of rotatable bonds is 3. The minimum absolute atomic E-state index is 0.145. The van der Waals surface area contributed by atoms with Crippen molar-refractivity contribution in [3.8, 4) is 0 Å². The standard InChI is InChI=1S/C14H12O3S2/c1-19(16,17)13-8-4-11(5-9-13)14(15)10-2-6-12(18)7-3-10/h2-9,18H,1H3. The second kappa shape index (κ2) is 5.19. The van der Waals surface area contributed by atoms with E-state index in [9.17, 15) is 13.2 Å². The first-order chi connectivity index (χ1) is 8.88. The third-order valence-corrected chi connectivity index (χ3v) is 4.10. The molecule has 0 radical (unpaired) electrons. The average molecular weight is 292 g/mol. The molecule has 2 rings (SSSR count). The van der Waals surface area contributed by atoms with Crippen LogP contribution in [0.3, 0.4) is 0 Å². The number of carbonyl (C=O) groups excluding carboxylic acids is 1. The van der Waals surface area contributed by atoms with E-state index in [1.807, 2.05) is 0 Å². The van der Waals surface area contributed by atoms with Crippen LogP contribution in [0.2, 0.25) is 0 Å². The molecule has 0 heterocycles. The molecule has 0 aliphatic rings. The molecule has 0 aliphatic heterocycles. The highest BCUT2D eigenvalue weighted by Crippen LogP contribution is 2.15. The van der Waals surface area contributed by atoms with Gasteiger partial charge in [-0.15, -0.1) is 12.6 Å². The van der Waals surface area contributed by atoms with Crippen molar-refractivity contribution >= 4 is 28.2 Å². The van der Waals surface area contributed by atoms with Crippen molar-refractivity contribution in [1.29, 1.82) is 0 Å². The minimum Gasteiger partial charge on any atom is -0.289 e. The van der Waals surface area contributed by atoms with Gasteiger partial charge in [-0.1, -0.05) is 0 Å². The van der Waals surface area contributed by atoms with E-state index < -0.39 is 9.84 Å². The normalized spacial score (nSPS) is 11.3. The maximum atomic E-state index is 12.1. The summed E-state index contributed by atoms with van der Waals surface area (Å²) in [5.41, 5.74) is 1.00. The van der Waals surface area contributed by atoms with E-state index in [0.717, 1.165) is 11.2 Å². The van der Waals surface area contributed by atoms with E-state index in [-0.39, 0.29) is 10.7 Å². The zero-order chi connectivity index (χ0) is 14.0. The fourth-order valence-corrected chi connectivity index (χ4v) is 2.41. The van der Waals surface area contributed by atoms with Gasteiger partial charge in [0.2, 0.25) is 0 Å². The molecule has 0 aliphatic carbocycles. The molecule has 0 spiro atoms. The fourth-order valence-electron chi connectivity index (χ4n) is 1.63. The molecule has 0 fully saturated rings. The number of hydrogen-bond acceptors (Lipinski definition) is 4. The summed E-state index contributed by atoms with van der Waals surface area (Å²) in [4.78, 5) is 13.1. The van der Waals surface area contributed by atoms with E-state index >= 15 is 0 Å². The minimum atomic E-state index is -3.24. The van der Waals surface area contributed by atoms with E-state index in [2.05, 4.69) is 12.6 Å². The molecule has 5 heteroatoms. The van der Waals surface area contributed by atoms with Crippen molar-refractivity contribution < 1.29 is 13.2 Å². The van der Waals surface area contributed by atoms with Crippen molar-refractivity contribution in [3.63, 3.8) is 0 Å². The second-order valence-electron chi connectivity index (χ2n) is 4.17. The third kappa shape index (κ3) is 3.24. The summed E-state index contributed by atoms with van der Waals surface area (Å²) >= 11 is 4.15. The molecule has 0 bridgehead atoms. The summed E-state index contributed by atoms with van der Waals surface area (Å²) in [5, 5.41) is 0. The van der Waals surface area contributed by atoms with Crippen LogP contribution in [0.1, 0.15) is 15.9 Å². The van der Waals surface area contributed by atoms with Crippen LogP contribution in [0, 0.1) is 0 Å². The smallest absolute Gasteiger partial charge is 0.193 e. The van der Waals surface area contributed by atoms with Gasteiger partial charge in [-0.3, -0.25) is 4.79 Å². The molecule has 0 N–H and O–H groups in total. The molecule has 0 atom stereocenters. The summed E-state index contributed by atoms with van der Waals surface area (Å²) in [5.74, 6) is -0.145. The van der Waals surface area contributed by atoms with Gasteiger partial charge in [0.05, 0.1) is 4.90 Å². The lowest BCUT2D eigenvalue weighted by Crippen LogP contribution is -2.02. The lowest BCUT2D eigenvalue weighted by atomic mass is 10.0. The average Bonchev–Trinajstić information content (AvgIpc) is 2.38. The Bertz CT molecular complexity index is 699. The summed E-state index contributed by atoms with van der Waals surface area (Å²) in [6.07, 6.45) is 1.13. The van der Waals surface area contributed by atoms with Crippen LogP contribution in [0.4, 0.5) is 0 Å². The molecule has 0 amide bonds. The highest BCUT2D eigenvalue weighted by atomic mass is 32.2. The number of carbonyl (C=O) groups is 1. The van der Waals surface area contributed by atoms with Crippen LogP contribution < -0.4 is 0 Å². The number of hydrogen-bond donors (Lipinski definition) is 1. The van der Waals surface area contributed by atoms with Gasteiger partial charge in [-0.25, -0.2) is 8.42 Å². The molecule has 0 unspecified atom stereocenters. The Balaban J connectivity index is 2.32. The number of benzene rings is 2. The van der Waals surface area contributed by atoms with E-state index in [1.165, 1.54) is 24.3 Å². The summed E-state index contributed by atoms with van der Waals surface area (Å²) in [6.45, 7) is 0. The zero-order valence-electron chi connectivity index (χ0n) is 10.2. The highest BCUT2D eigenvalue weighted by molar-refractivity contribution is 7.90. The van der Waals surface area contributed by atoms with Crippen LogP contribution in [0.25, 0.3) is 0 Å². The zero-order valence-corrected chi connectivity index (χ0v) is 11.9. The first kappa shape index (κ1) is 13.8. The summed E-state index contributed by atoms with van der Waals surface area (Å²) in [7, 11) is -3.24. The summed E-state index contributed by atoms with van der Waals surface area (Å²) in [6, 6.07) is 12.8. The van der Waals surface area contributed by atoms with Gasteiger partial charge >= 0.3 is 0 Å². The van der Waals surface area contributed by atoms with Crippen LogP contribution in [-0.4, -0.2) is 20.5 Å². The van der Waals surface area contributed by atoms with Crippen molar-refractivity contribution in [3.05, 3.63) is 59.7 Å². The van der Waals surface area contributed by atoms with Crippen molar-refractivity contribution in [2.75, 3.05) is 6.26 Å². The fraction of sp³-hybridized carbons (Fsp3) is 0.0714. The lowest BCUT2D eigenvalue weighted by Gasteiger charge is -2.03. The Kier molecular flexibility index (Phi) is 3.78. The maximum Gasteiger partial charge on any atom is 0.193 e. The third-order valence-electron chi connectivity index (χ3n) is 2.67. The Morgan fingerprint density at radius 3 is 1.74 bits per heavy atom. The summed E-state index contributed by atoms with van der Waals surface area (Å²) < 4.78 is 22.7. The number of thiol groups is 1. The van der Waals surface area contributed by atoms with Gasteiger partial charge in [-0.2, -0.15) is 0 Å².